The highest BCUT2D eigenvalue weighted by molar-refractivity contribution is 7.21. The molecule has 11 heteroatoms. The van der Waals surface area contributed by atoms with E-state index in [4.69, 9.17) is 25.5 Å². The number of ether oxygens (including phenoxy) is 2. The third kappa shape index (κ3) is 6.82. The van der Waals surface area contributed by atoms with Crippen molar-refractivity contribution in [3.63, 3.8) is 0 Å². The van der Waals surface area contributed by atoms with E-state index in [1.165, 1.54) is 24.0 Å². The predicted octanol–water partition coefficient (Wildman–Crippen LogP) is 8.95. The molecule has 0 radical (unpaired) electrons. The number of likely N-dealkylation sites (tertiary alicyclic amines) is 1. The number of thiophene rings is 1. The zero-order valence-corrected chi connectivity index (χ0v) is 31.4. The Morgan fingerprint density at radius 1 is 1.13 bits per heavy atom. The minimum atomic E-state index is -2.09. The van der Waals surface area contributed by atoms with Crippen molar-refractivity contribution in [1.82, 2.24) is 9.88 Å². The number of rotatable bonds is 6. The van der Waals surface area contributed by atoms with Crippen LogP contribution in [0.1, 0.15) is 76.5 Å². The van der Waals surface area contributed by atoms with Gasteiger partial charge in [0.2, 0.25) is 0 Å². The van der Waals surface area contributed by atoms with Gasteiger partial charge in [-0.15, -0.1) is 11.3 Å². The molecule has 4 heterocycles. The molecule has 0 N–H and O–H groups in total. The van der Waals surface area contributed by atoms with E-state index in [-0.39, 0.29) is 23.1 Å². The normalized spacial score (nSPS) is 20.6. The molecule has 2 aliphatic rings. The van der Waals surface area contributed by atoms with Crippen LogP contribution in [0.15, 0.2) is 30.5 Å². The Balaban J connectivity index is 1.57. The number of carbonyl (C=O) groups is 2. The summed E-state index contributed by atoms with van der Waals surface area (Å²) in [5, 5.41) is 0.712. The van der Waals surface area contributed by atoms with Crippen LogP contribution in [0.4, 0.5) is 10.5 Å². The molecule has 250 valence electrons. The van der Waals surface area contributed by atoms with Gasteiger partial charge in [0.05, 0.1) is 29.5 Å². The number of nitrogens with zero attached hydrogens (tertiary/aromatic N) is 3. The predicted molar refractivity (Wildman–Crippen MR) is 190 cm³/mol. The van der Waals surface area contributed by atoms with Crippen LogP contribution in [-0.2, 0) is 20.3 Å². The third-order valence-corrected chi connectivity index (χ3v) is 15.5. The molecule has 46 heavy (non-hydrogen) atoms. The molecule has 8 nitrogen and oxygen atoms in total. The van der Waals surface area contributed by atoms with E-state index in [1.54, 1.807) is 12.3 Å². The summed E-state index contributed by atoms with van der Waals surface area (Å²) in [4.78, 5) is 35.7. The highest BCUT2D eigenvalue weighted by Gasteiger charge is 2.50. The number of esters is 1. The summed E-state index contributed by atoms with van der Waals surface area (Å²) in [7, 11) is -0.701. The standard InChI is InChI=1S/C35H48ClN3O5SSi/c1-33(2,3)44-32(41)39-20-24(19-35(39,7)21-43-46(9,10)34(4,5)6)38-15-11-12-22-16-23(36)17-26(29(22)38)25-13-14-37-27-18-28(31(40)42-8)45-30(25)27/h13-14,16-18,24H,11-12,15,19-21H2,1-10H3/t24-,35+/m1/s1. The number of hydrogen-bond acceptors (Lipinski definition) is 8. The monoisotopic (exact) mass is 685 g/mol. The van der Waals surface area contributed by atoms with Gasteiger partial charge in [-0.3, -0.25) is 9.88 Å². The number of methoxy groups -OCH3 is 1. The number of carbonyl (C=O) groups excluding carboxylic acids is 2. The molecule has 0 aliphatic carbocycles. The number of fused-ring (bicyclic) bond motifs is 2. The van der Waals surface area contributed by atoms with Crippen LogP contribution in [-0.4, -0.2) is 74.3 Å². The maximum absolute atomic E-state index is 13.8. The van der Waals surface area contributed by atoms with Gasteiger partial charge in [-0.1, -0.05) is 32.4 Å². The lowest BCUT2D eigenvalue weighted by Crippen LogP contribution is -2.53. The van der Waals surface area contributed by atoms with Crippen LogP contribution in [0.25, 0.3) is 21.3 Å². The molecule has 2 atom stereocenters. The largest absolute Gasteiger partial charge is 0.465 e. The van der Waals surface area contributed by atoms with Gasteiger partial charge in [-0.2, -0.15) is 0 Å². The first-order valence-electron chi connectivity index (χ1n) is 16.0. The van der Waals surface area contributed by atoms with Crippen LogP contribution in [0, 0.1) is 0 Å². The summed E-state index contributed by atoms with van der Waals surface area (Å²) in [6.45, 7) is 20.9. The zero-order chi connectivity index (χ0) is 33.8. The summed E-state index contributed by atoms with van der Waals surface area (Å²) < 4.78 is 18.7. The second-order valence-corrected chi connectivity index (χ2v) is 21.7. The van der Waals surface area contributed by atoms with Crippen molar-refractivity contribution in [3.05, 3.63) is 45.9 Å². The molecule has 0 bridgehead atoms. The number of hydrogen-bond donors (Lipinski definition) is 0. The van der Waals surface area contributed by atoms with Crippen LogP contribution < -0.4 is 4.90 Å². The Hall–Kier alpha value is -2.66. The van der Waals surface area contributed by atoms with Gasteiger partial charge in [-0.05, 0) is 94.9 Å². The Morgan fingerprint density at radius 2 is 1.85 bits per heavy atom. The molecular formula is C35H48ClN3O5SSi. The fraction of sp³-hybridized carbons (Fsp3) is 0.571. The lowest BCUT2D eigenvalue weighted by molar-refractivity contribution is 0.00114. The average Bonchev–Trinajstić information content (AvgIpc) is 3.55. The molecule has 0 unspecified atom stereocenters. The second kappa shape index (κ2) is 12.4. The number of pyridine rings is 1. The third-order valence-electron chi connectivity index (χ3n) is 9.70. The Bertz CT molecular complexity index is 1650. The molecule has 1 saturated heterocycles. The van der Waals surface area contributed by atoms with Crippen molar-refractivity contribution in [2.24, 2.45) is 0 Å². The van der Waals surface area contributed by atoms with E-state index in [9.17, 15) is 9.59 Å². The lowest BCUT2D eigenvalue weighted by atomic mass is 9.91. The molecule has 1 aromatic carbocycles. The molecule has 2 aromatic heterocycles. The second-order valence-electron chi connectivity index (χ2n) is 15.4. The van der Waals surface area contributed by atoms with Crippen molar-refractivity contribution in [1.29, 1.82) is 0 Å². The molecule has 2 aliphatic heterocycles. The van der Waals surface area contributed by atoms with Crippen molar-refractivity contribution < 1.29 is 23.5 Å². The van der Waals surface area contributed by atoms with Gasteiger partial charge in [0.25, 0.3) is 0 Å². The van der Waals surface area contributed by atoms with Crippen LogP contribution in [0.2, 0.25) is 23.2 Å². The van der Waals surface area contributed by atoms with Crippen LogP contribution in [0.3, 0.4) is 0 Å². The van der Waals surface area contributed by atoms with Crippen molar-refractivity contribution >= 4 is 59.2 Å². The van der Waals surface area contributed by atoms with Gasteiger partial charge in [0, 0.05) is 47.2 Å². The number of benzene rings is 1. The van der Waals surface area contributed by atoms with E-state index in [0.29, 0.717) is 23.1 Å². The molecule has 0 spiro atoms. The smallest absolute Gasteiger partial charge is 0.410 e. The van der Waals surface area contributed by atoms with Crippen molar-refractivity contribution in [2.75, 3.05) is 31.7 Å². The van der Waals surface area contributed by atoms with Crippen LogP contribution >= 0.6 is 22.9 Å². The molecule has 0 saturated carbocycles. The van der Waals surface area contributed by atoms with E-state index in [2.05, 4.69) is 56.7 Å². The zero-order valence-electron chi connectivity index (χ0n) is 28.9. The average molecular weight is 686 g/mol. The highest BCUT2D eigenvalue weighted by Crippen LogP contribution is 2.47. The SMILES string of the molecule is COC(=O)c1cc2nccc(-c3cc(Cl)cc4c3N([C@H]3CN(C(=O)OC(C)(C)C)[C@](C)(CO[Si](C)(C)C(C)(C)C)C3)CCC4)c2s1. The summed E-state index contributed by atoms with van der Waals surface area (Å²) in [6, 6.07) is 7.90. The number of aromatic nitrogens is 1. The first kappa shape index (κ1) is 34.7. The van der Waals surface area contributed by atoms with E-state index >= 15 is 0 Å². The van der Waals surface area contributed by atoms with Gasteiger partial charge in [0.15, 0.2) is 8.32 Å². The maximum atomic E-state index is 13.8. The van der Waals surface area contributed by atoms with Crippen molar-refractivity contribution in [2.45, 2.75) is 103 Å². The summed E-state index contributed by atoms with van der Waals surface area (Å²) in [5.74, 6) is -0.379. The highest BCUT2D eigenvalue weighted by atomic mass is 35.5. The Labute approximate surface area is 283 Å². The van der Waals surface area contributed by atoms with E-state index in [0.717, 1.165) is 52.8 Å². The first-order valence-corrected chi connectivity index (χ1v) is 20.1. The van der Waals surface area contributed by atoms with E-state index in [1.807, 2.05) is 37.8 Å². The minimum Gasteiger partial charge on any atom is -0.465 e. The molecule has 3 aromatic rings. The fourth-order valence-corrected chi connectivity index (χ4v) is 8.69. The summed E-state index contributed by atoms with van der Waals surface area (Å²) >= 11 is 8.15. The van der Waals surface area contributed by atoms with Crippen LogP contribution in [0.5, 0.6) is 0 Å². The Morgan fingerprint density at radius 3 is 2.50 bits per heavy atom. The topological polar surface area (TPSA) is 81.2 Å². The lowest BCUT2D eigenvalue weighted by Gasteiger charge is -2.42. The van der Waals surface area contributed by atoms with Gasteiger partial charge < -0.3 is 18.8 Å². The van der Waals surface area contributed by atoms with Gasteiger partial charge >= 0.3 is 12.1 Å². The summed E-state index contributed by atoms with van der Waals surface area (Å²) in [6.07, 6.45) is 4.08. The first-order chi connectivity index (χ1) is 21.3. The molecule has 1 fully saturated rings. The molecule has 1 amide bonds. The number of anilines is 1. The Kier molecular flexibility index (Phi) is 9.36. The quantitative estimate of drug-likeness (QED) is 0.189. The number of amides is 1. The van der Waals surface area contributed by atoms with Gasteiger partial charge in [0.1, 0.15) is 10.5 Å². The number of halogens is 1. The number of aryl methyl sites for hydroxylation is 1. The summed E-state index contributed by atoms with van der Waals surface area (Å²) in [5.41, 5.74) is 3.85. The van der Waals surface area contributed by atoms with E-state index < -0.39 is 19.5 Å². The van der Waals surface area contributed by atoms with Crippen molar-refractivity contribution in [3.8, 4) is 11.1 Å². The van der Waals surface area contributed by atoms with Gasteiger partial charge in [-0.25, -0.2) is 9.59 Å². The maximum Gasteiger partial charge on any atom is 0.410 e. The molecule has 5 rings (SSSR count). The fourth-order valence-electron chi connectivity index (χ4n) is 6.28. The molecular weight excluding hydrogens is 638 g/mol. The minimum absolute atomic E-state index is 0.0332.